The molecule has 272 valence electrons. The van der Waals surface area contributed by atoms with Crippen LogP contribution in [-0.4, -0.2) is 10.4 Å². The van der Waals surface area contributed by atoms with Gasteiger partial charge in [0.1, 0.15) is 29.7 Å². The average molecular weight is 753 g/mol. The van der Waals surface area contributed by atoms with Crippen LogP contribution < -0.4 is 15.4 Å². The van der Waals surface area contributed by atoms with Gasteiger partial charge in [0.2, 0.25) is 0 Å². The zero-order valence-electron chi connectivity index (χ0n) is 30.8. The Labute approximate surface area is 333 Å². The van der Waals surface area contributed by atoms with Gasteiger partial charge in [-0.3, -0.25) is 5.32 Å². The smallest absolute Gasteiger partial charge is 0.138 e. The maximum atomic E-state index is 6.97. The molecule has 0 spiro atoms. The lowest BCUT2D eigenvalue weighted by molar-refractivity contribution is 0.384. The summed E-state index contributed by atoms with van der Waals surface area (Å²) in [6, 6.07) is 58.7. The Morgan fingerprint density at radius 1 is 0.614 bits per heavy atom. The number of aromatic nitrogens is 1. The van der Waals surface area contributed by atoms with Crippen LogP contribution in [0.3, 0.4) is 0 Å². The fourth-order valence-corrected chi connectivity index (χ4v) is 10.6. The van der Waals surface area contributed by atoms with E-state index in [1.807, 2.05) is 11.3 Å². The lowest BCUT2D eigenvalue weighted by Gasteiger charge is -2.36. The minimum absolute atomic E-state index is 0.0116. The zero-order valence-corrected chi connectivity index (χ0v) is 31.7. The number of benzene rings is 7. The third kappa shape index (κ3) is 5.08. The molecule has 6 heteroatoms. The van der Waals surface area contributed by atoms with Gasteiger partial charge in [0.25, 0.3) is 0 Å². The number of hydrogen-bond donors (Lipinski definition) is 2. The van der Waals surface area contributed by atoms with Gasteiger partial charge in [0.15, 0.2) is 0 Å². The van der Waals surface area contributed by atoms with E-state index in [0.29, 0.717) is 0 Å². The van der Waals surface area contributed by atoms with Crippen molar-refractivity contribution in [2.45, 2.75) is 18.2 Å². The molecule has 0 amide bonds. The normalized spacial score (nSPS) is 19.9. The fraction of sp³-hybridized carbons (Fsp3) is 0.0784. The third-order valence-corrected chi connectivity index (χ3v) is 13.1. The number of nitrogens with zero attached hydrogens (tertiary/aromatic N) is 2. The quantitative estimate of drug-likeness (QED) is 0.184. The Kier molecular flexibility index (Phi) is 7.37. The van der Waals surface area contributed by atoms with Crippen LogP contribution in [0.25, 0.3) is 58.8 Å². The number of rotatable bonds is 5. The number of amidine groups is 1. The van der Waals surface area contributed by atoms with E-state index in [9.17, 15) is 0 Å². The monoisotopic (exact) mass is 752 g/mol. The van der Waals surface area contributed by atoms with Crippen molar-refractivity contribution in [1.82, 2.24) is 15.2 Å². The van der Waals surface area contributed by atoms with Crippen molar-refractivity contribution in [2.24, 2.45) is 10.9 Å². The molecule has 0 bridgehead atoms. The molecule has 2 aliphatic heterocycles. The SMILES string of the molecule is C1=CC(C2=NC(c3ccccc3)NC(c3ccccc3)N2)C2C(=C1)Oc1c(-c3cccc4sc5c(-n6c7ccccc7c7ccccc76)cccc5c34)cccc12. The number of fused-ring (bicyclic) bond motifs is 9. The second-order valence-electron chi connectivity index (χ2n) is 15.1. The summed E-state index contributed by atoms with van der Waals surface area (Å²) in [6.45, 7) is 0. The van der Waals surface area contributed by atoms with Gasteiger partial charge >= 0.3 is 0 Å². The molecular weight excluding hydrogens is 717 g/mol. The molecule has 4 unspecified atom stereocenters. The van der Waals surface area contributed by atoms with Crippen molar-refractivity contribution >= 4 is 59.2 Å². The summed E-state index contributed by atoms with van der Waals surface area (Å²) >= 11 is 1.87. The Hall–Kier alpha value is -6.73. The molecule has 4 heterocycles. The zero-order chi connectivity index (χ0) is 37.5. The van der Waals surface area contributed by atoms with E-state index in [4.69, 9.17) is 9.73 Å². The molecule has 9 aromatic rings. The highest BCUT2D eigenvalue weighted by Gasteiger charge is 2.42. The number of aliphatic imine (C=N–C) groups is 1. The molecule has 1 aliphatic carbocycles. The molecule has 12 rings (SSSR count). The number of para-hydroxylation sites is 3. The topological polar surface area (TPSA) is 50.6 Å². The number of thiophene rings is 1. The van der Waals surface area contributed by atoms with Crippen molar-refractivity contribution in [3.05, 3.63) is 204 Å². The minimum atomic E-state index is -0.194. The molecule has 0 saturated carbocycles. The van der Waals surface area contributed by atoms with Gasteiger partial charge in [-0.05, 0) is 47.0 Å². The van der Waals surface area contributed by atoms with Crippen LogP contribution in [0.1, 0.15) is 34.9 Å². The predicted octanol–water partition coefficient (Wildman–Crippen LogP) is 12.4. The summed E-state index contributed by atoms with van der Waals surface area (Å²) in [5.74, 6) is 2.79. The van der Waals surface area contributed by atoms with Gasteiger partial charge in [-0.15, -0.1) is 11.3 Å². The van der Waals surface area contributed by atoms with Gasteiger partial charge in [0.05, 0.1) is 27.3 Å². The second-order valence-corrected chi connectivity index (χ2v) is 16.1. The van der Waals surface area contributed by atoms with Gasteiger partial charge in [0, 0.05) is 43.3 Å². The molecule has 3 aliphatic rings. The Balaban J connectivity index is 0.986. The van der Waals surface area contributed by atoms with Crippen LogP contribution >= 0.6 is 11.3 Å². The number of ether oxygens (including phenoxy) is 1. The Morgan fingerprint density at radius 3 is 2.07 bits per heavy atom. The van der Waals surface area contributed by atoms with Crippen molar-refractivity contribution in [2.75, 3.05) is 0 Å². The first-order valence-corrected chi connectivity index (χ1v) is 20.4. The minimum Gasteiger partial charge on any atom is -0.460 e. The Bertz CT molecular complexity index is 3090. The van der Waals surface area contributed by atoms with Gasteiger partial charge in [-0.1, -0.05) is 152 Å². The van der Waals surface area contributed by atoms with Gasteiger partial charge in [-0.25, -0.2) is 4.99 Å². The molecule has 2 N–H and O–H groups in total. The van der Waals surface area contributed by atoms with Crippen LogP contribution in [0.4, 0.5) is 0 Å². The summed E-state index contributed by atoms with van der Waals surface area (Å²) in [6.07, 6.45) is 6.25. The third-order valence-electron chi connectivity index (χ3n) is 11.9. The predicted molar refractivity (Wildman–Crippen MR) is 235 cm³/mol. The molecule has 7 aromatic carbocycles. The van der Waals surface area contributed by atoms with E-state index in [1.54, 1.807) is 0 Å². The molecule has 0 fully saturated rings. The first kappa shape index (κ1) is 32.5. The van der Waals surface area contributed by atoms with Crippen molar-refractivity contribution < 1.29 is 4.74 Å². The summed E-state index contributed by atoms with van der Waals surface area (Å²) < 4.78 is 11.9. The largest absolute Gasteiger partial charge is 0.460 e. The molecule has 0 saturated heterocycles. The highest BCUT2D eigenvalue weighted by molar-refractivity contribution is 7.26. The van der Waals surface area contributed by atoms with Crippen molar-refractivity contribution in [3.8, 4) is 22.6 Å². The van der Waals surface area contributed by atoms with Gasteiger partial charge < -0.3 is 14.6 Å². The van der Waals surface area contributed by atoms with Gasteiger partial charge in [-0.2, -0.15) is 0 Å². The van der Waals surface area contributed by atoms with Crippen LogP contribution in [0.15, 0.2) is 193 Å². The highest BCUT2D eigenvalue weighted by atomic mass is 32.1. The molecule has 4 atom stereocenters. The molecule has 0 radical (unpaired) electrons. The Morgan fingerprint density at radius 2 is 1.28 bits per heavy atom. The summed E-state index contributed by atoms with van der Waals surface area (Å²) in [5, 5.41) is 12.6. The number of allylic oxidation sites excluding steroid dienone is 3. The summed E-state index contributed by atoms with van der Waals surface area (Å²) in [5.41, 5.74) is 9.43. The number of hydrogen-bond acceptors (Lipinski definition) is 5. The average Bonchev–Trinajstić information content (AvgIpc) is 3.97. The van der Waals surface area contributed by atoms with E-state index in [0.717, 1.165) is 28.5 Å². The van der Waals surface area contributed by atoms with E-state index < -0.39 is 0 Å². The van der Waals surface area contributed by atoms with E-state index in [-0.39, 0.29) is 24.2 Å². The standard InChI is InChI=1S/C51H36N4OS/c1-3-15-31(16-4-1)49-52-50(32-17-5-2-6-18-32)54-51(53-49)39-25-13-29-43-45(39)37-23-11-22-36(47(37)56-43)35-21-14-30-44-46(35)38-24-12-28-42(48(38)57-44)55-40-26-9-7-19-33(40)34-20-8-10-27-41(34)55/h1-30,39,45,49-50,52H,(H,53,54). The molecule has 57 heavy (non-hydrogen) atoms. The summed E-state index contributed by atoms with van der Waals surface area (Å²) in [4.78, 5) is 5.36. The van der Waals surface area contributed by atoms with Crippen molar-refractivity contribution in [1.29, 1.82) is 0 Å². The van der Waals surface area contributed by atoms with E-state index >= 15 is 0 Å². The first-order chi connectivity index (χ1) is 28.3. The van der Waals surface area contributed by atoms with Crippen LogP contribution in [-0.2, 0) is 0 Å². The fourth-order valence-electron chi connectivity index (χ4n) is 9.39. The lowest BCUT2D eigenvalue weighted by Crippen LogP contribution is -2.48. The van der Waals surface area contributed by atoms with Crippen LogP contribution in [0, 0.1) is 5.92 Å². The van der Waals surface area contributed by atoms with E-state index in [1.165, 1.54) is 64.4 Å². The second kappa shape index (κ2) is 12.9. The highest BCUT2D eigenvalue weighted by Crippen LogP contribution is 2.53. The molecular formula is C51H36N4OS. The number of nitrogens with one attached hydrogen (secondary N) is 2. The maximum absolute atomic E-state index is 6.97. The molecule has 2 aromatic heterocycles. The molecule has 5 nitrogen and oxygen atoms in total. The first-order valence-electron chi connectivity index (χ1n) is 19.6. The van der Waals surface area contributed by atoms with Crippen LogP contribution in [0.5, 0.6) is 5.75 Å². The maximum Gasteiger partial charge on any atom is 0.138 e. The van der Waals surface area contributed by atoms with Crippen LogP contribution in [0.2, 0.25) is 0 Å². The summed E-state index contributed by atoms with van der Waals surface area (Å²) in [7, 11) is 0. The lowest BCUT2D eigenvalue weighted by atomic mass is 9.80. The van der Waals surface area contributed by atoms with E-state index in [2.05, 4.69) is 197 Å². The van der Waals surface area contributed by atoms with Crippen molar-refractivity contribution in [3.63, 3.8) is 0 Å².